The van der Waals surface area contributed by atoms with Crippen LogP contribution in [0, 0.1) is 5.82 Å². The molecule has 1 N–H and O–H groups in total. The van der Waals surface area contributed by atoms with E-state index in [4.69, 9.17) is 11.6 Å². The summed E-state index contributed by atoms with van der Waals surface area (Å²) in [7, 11) is 0. The molecule has 3 rings (SSSR count). The van der Waals surface area contributed by atoms with Crippen LogP contribution in [0.1, 0.15) is 5.56 Å². The fourth-order valence-electron chi connectivity index (χ4n) is 2.18. The number of hydrogen-bond donors (Lipinski definition) is 1. The number of nitrogens with one attached hydrogen (secondary N) is 1. The van der Waals surface area contributed by atoms with Gasteiger partial charge in [0.1, 0.15) is 5.82 Å². The summed E-state index contributed by atoms with van der Waals surface area (Å²) in [6, 6.07) is 19.3. The van der Waals surface area contributed by atoms with E-state index in [-0.39, 0.29) is 10.8 Å². The molecule has 0 saturated heterocycles. The van der Waals surface area contributed by atoms with Crippen LogP contribution in [0.15, 0.2) is 60.7 Å². The van der Waals surface area contributed by atoms with Crippen molar-refractivity contribution >= 4 is 28.1 Å². The smallest absolute Gasteiger partial charge is 0.146 e. The second-order valence-corrected chi connectivity index (χ2v) is 5.04. The lowest BCUT2D eigenvalue weighted by Gasteiger charge is -2.09. The van der Waals surface area contributed by atoms with Gasteiger partial charge in [0.2, 0.25) is 0 Å². The van der Waals surface area contributed by atoms with Crippen molar-refractivity contribution in [2.45, 2.75) is 6.54 Å². The first-order valence-corrected chi connectivity index (χ1v) is 6.77. The van der Waals surface area contributed by atoms with E-state index in [1.807, 2.05) is 24.3 Å². The van der Waals surface area contributed by atoms with Crippen LogP contribution in [0.2, 0.25) is 5.02 Å². The van der Waals surface area contributed by atoms with Gasteiger partial charge in [-0.05, 0) is 29.0 Å². The molecule has 0 aromatic heterocycles. The summed E-state index contributed by atoms with van der Waals surface area (Å²) in [6.45, 7) is 0.407. The van der Waals surface area contributed by atoms with Gasteiger partial charge < -0.3 is 5.32 Å². The molecule has 20 heavy (non-hydrogen) atoms. The van der Waals surface area contributed by atoms with Crippen molar-refractivity contribution in [1.29, 1.82) is 0 Å². The summed E-state index contributed by atoms with van der Waals surface area (Å²) in [5.74, 6) is -0.359. The number of anilines is 1. The lowest BCUT2D eigenvalue weighted by atomic mass is 10.1. The number of rotatable bonds is 3. The van der Waals surface area contributed by atoms with E-state index in [0.29, 0.717) is 12.1 Å². The summed E-state index contributed by atoms with van der Waals surface area (Å²) < 4.78 is 13.8. The summed E-state index contributed by atoms with van der Waals surface area (Å²) in [4.78, 5) is 0. The van der Waals surface area contributed by atoms with E-state index in [2.05, 4.69) is 23.5 Å². The average Bonchev–Trinajstić information content (AvgIpc) is 2.48. The minimum Gasteiger partial charge on any atom is -0.381 e. The maximum absolute atomic E-state index is 13.8. The third-order valence-corrected chi connectivity index (χ3v) is 3.56. The van der Waals surface area contributed by atoms with Gasteiger partial charge in [0.05, 0.1) is 5.02 Å². The molecule has 0 spiro atoms. The Balaban J connectivity index is 1.81. The first kappa shape index (κ1) is 12.9. The lowest BCUT2D eigenvalue weighted by molar-refractivity contribution is 0.613. The number of fused-ring (bicyclic) bond motifs is 1. The predicted molar refractivity (Wildman–Crippen MR) is 82.7 cm³/mol. The number of benzene rings is 3. The van der Waals surface area contributed by atoms with E-state index < -0.39 is 0 Å². The fraction of sp³-hybridized carbons (Fsp3) is 0.0588. The van der Waals surface area contributed by atoms with E-state index in [1.165, 1.54) is 5.39 Å². The van der Waals surface area contributed by atoms with Gasteiger partial charge in [0.25, 0.3) is 0 Å². The fourth-order valence-corrected chi connectivity index (χ4v) is 2.38. The van der Waals surface area contributed by atoms with Gasteiger partial charge in [-0.1, -0.05) is 54.1 Å². The molecule has 0 bridgehead atoms. The van der Waals surface area contributed by atoms with Crippen molar-refractivity contribution in [1.82, 2.24) is 0 Å². The highest BCUT2D eigenvalue weighted by Crippen LogP contribution is 2.21. The minimum atomic E-state index is -0.359. The van der Waals surface area contributed by atoms with Crippen molar-refractivity contribution in [3.63, 3.8) is 0 Å². The summed E-state index contributed by atoms with van der Waals surface area (Å²) in [5.41, 5.74) is 1.52. The molecular weight excluding hydrogens is 273 g/mol. The van der Waals surface area contributed by atoms with Crippen LogP contribution in [0.3, 0.4) is 0 Å². The molecular formula is C17H13ClFN. The van der Waals surface area contributed by atoms with E-state index in [0.717, 1.165) is 11.1 Å². The zero-order valence-electron chi connectivity index (χ0n) is 10.7. The third-order valence-electron chi connectivity index (χ3n) is 3.26. The molecule has 0 aliphatic carbocycles. The summed E-state index contributed by atoms with van der Waals surface area (Å²) in [5, 5.41) is 5.72. The molecule has 0 radical (unpaired) electrons. The molecule has 3 aromatic rings. The van der Waals surface area contributed by atoms with Crippen LogP contribution in [0.4, 0.5) is 10.1 Å². The minimum absolute atomic E-state index is 0.155. The molecule has 1 nitrogen and oxygen atoms in total. The van der Waals surface area contributed by atoms with Gasteiger partial charge in [-0.25, -0.2) is 4.39 Å². The zero-order valence-corrected chi connectivity index (χ0v) is 11.5. The van der Waals surface area contributed by atoms with E-state index in [9.17, 15) is 4.39 Å². The quantitative estimate of drug-likeness (QED) is 0.693. The SMILES string of the molecule is Fc1c(Cl)cccc1CNc1ccc2ccccc2c1. The van der Waals surface area contributed by atoms with Crippen molar-refractivity contribution in [2.24, 2.45) is 0 Å². The molecule has 100 valence electrons. The van der Waals surface area contributed by atoms with Crippen LogP contribution in [0.25, 0.3) is 10.8 Å². The second kappa shape index (κ2) is 5.51. The Bertz CT molecular complexity index is 755. The molecule has 3 heteroatoms. The van der Waals surface area contributed by atoms with Gasteiger partial charge in [0, 0.05) is 17.8 Å². The Morgan fingerprint density at radius 3 is 2.55 bits per heavy atom. The van der Waals surface area contributed by atoms with Crippen LogP contribution >= 0.6 is 11.6 Å². The largest absolute Gasteiger partial charge is 0.381 e. The Kier molecular flexibility index (Phi) is 3.57. The van der Waals surface area contributed by atoms with Gasteiger partial charge in [-0.15, -0.1) is 0 Å². The summed E-state index contributed by atoms with van der Waals surface area (Å²) >= 11 is 5.77. The predicted octanol–water partition coefficient (Wildman–Crippen LogP) is 5.24. The molecule has 0 heterocycles. The zero-order chi connectivity index (χ0) is 13.9. The van der Waals surface area contributed by atoms with Gasteiger partial charge >= 0.3 is 0 Å². The Morgan fingerprint density at radius 2 is 1.70 bits per heavy atom. The standard InChI is InChI=1S/C17H13ClFN/c18-16-7-3-6-14(17(16)19)11-20-15-9-8-12-4-1-2-5-13(12)10-15/h1-10,20H,11H2. The molecule has 0 amide bonds. The average molecular weight is 286 g/mol. The van der Waals surface area contributed by atoms with Crippen molar-refractivity contribution in [2.75, 3.05) is 5.32 Å². The van der Waals surface area contributed by atoms with Crippen molar-refractivity contribution in [3.8, 4) is 0 Å². The highest BCUT2D eigenvalue weighted by molar-refractivity contribution is 6.30. The van der Waals surface area contributed by atoms with Crippen molar-refractivity contribution in [3.05, 3.63) is 77.1 Å². The van der Waals surface area contributed by atoms with Crippen LogP contribution in [-0.2, 0) is 6.54 Å². The Hall–Kier alpha value is -2.06. The number of halogens is 2. The normalized spacial score (nSPS) is 10.7. The molecule has 0 saturated carbocycles. The molecule has 0 unspecified atom stereocenters. The Morgan fingerprint density at radius 1 is 0.900 bits per heavy atom. The molecule has 0 atom stereocenters. The van der Waals surface area contributed by atoms with Crippen LogP contribution in [0.5, 0.6) is 0 Å². The first-order chi connectivity index (χ1) is 9.74. The van der Waals surface area contributed by atoms with E-state index in [1.54, 1.807) is 18.2 Å². The van der Waals surface area contributed by atoms with Crippen LogP contribution < -0.4 is 5.32 Å². The topological polar surface area (TPSA) is 12.0 Å². The molecule has 3 aromatic carbocycles. The first-order valence-electron chi connectivity index (χ1n) is 6.39. The highest BCUT2D eigenvalue weighted by Gasteiger charge is 2.05. The maximum atomic E-state index is 13.8. The Labute approximate surface area is 122 Å². The van der Waals surface area contributed by atoms with Crippen molar-refractivity contribution < 1.29 is 4.39 Å². The summed E-state index contributed by atoms with van der Waals surface area (Å²) in [6.07, 6.45) is 0. The molecule has 0 fully saturated rings. The van der Waals surface area contributed by atoms with E-state index >= 15 is 0 Å². The number of hydrogen-bond acceptors (Lipinski definition) is 1. The lowest BCUT2D eigenvalue weighted by Crippen LogP contribution is -2.02. The van der Waals surface area contributed by atoms with Gasteiger partial charge in [0.15, 0.2) is 0 Å². The third kappa shape index (κ3) is 2.61. The second-order valence-electron chi connectivity index (χ2n) is 4.63. The van der Waals surface area contributed by atoms with Gasteiger partial charge in [-0.3, -0.25) is 0 Å². The highest BCUT2D eigenvalue weighted by atomic mass is 35.5. The monoisotopic (exact) mass is 285 g/mol. The molecule has 0 aliphatic heterocycles. The van der Waals surface area contributed by atoms with Crippen LogP contribution in [-0.4, -0.2) is 0 Å². The van der Waals surface area contributed by atoms with Gasteiger partial charge in [-0.2, -0.15) is 0 Å². The maximum Gasteiger partial charge on any atom is 0.146 e. The molecule has 0 aliphatic rings.